The Morgan fingerprint density at radius 1 is 1.27 bits per heavy atom. The normalized spacial score (nSPS) is 19.0. The minimum Gasteiger partial charge on any atom is -0.480 e. The Kier molecular flexibility index (Phi) is 9.08. The van der Waals surface area contributed by atoms with Crippen molar-refractivity contribution in [2.75, 3.05) is 18.4 Å². The van der Waals surface area contributed by atoms with Crippen molar-refractivity contribution in [1.82, 2.24) is 14.9 Å². The van der Waals surface area contributed by atoms with Crippen LogP contribution in [-0.2, 0) is 29.0 Å². The molecule has 0 radical (unpaired) electrons. The van der Waals surface area contributed by atoms with Crippen LogP contribution in [-0.4, -0.2) is 57.1 Å². The van der Waals surface area contributed by atoms with Crippen LogP contribution in [0.5, 0.6) is 0 Å². The highest BCUT2D eigenvalue weighted by Crippen LogP contribution is 2.40. The van der Waals surface area contributed by atoms with Crippen molar-refractivity contribution >= 4 is 11.8 Å². The third-order valence-corrected chi connectivity index (χ3v) is 7.20. The van der Waals surface area contributed by atoms with Crippen LogP contribution in [0, 0.1) is 0 Å². The third kappa shape index (κ3) is 7.02. The molecule has 0 bridgehead atoms. The van der Waals surface area contributed by atoms with Gasteiger partial charge in [0.25, 0.3) is 5.92 Å². The number of carboxylic acids is 1. The average molecular weight is 517 g/mol. The summed E-state index contributed by atoms with van der Waals surface area (Å²) < 4.78 is 36.5. The lowest BCUT2D eigenvalue weighted by Gasteiger charge is -2.35. The van der Waals surface area contributed by atoms with E-state index in [0.29, 0.717) is 38.8 Å². The number of hydrogen-bond acceptors (Lipinski definition) is 6. The molecule has 2 aromatic heterocycles. The van der Waals surface area contributed by atoms with Crippen molar-refractivity contribution in [1.29, 1.82) is 0 Å². The first-order valence-corrected chi connectivity index (χ1v) is 13.4. The molecular weight excluding hydrogens is 478 g/mol. The molecule has 0 saturated carbocycles. The van der Waals surface area contributed by atoms with Gasteiger partial charge in [-0.1, -0.05) is 6.07 Å². The Morgan fingerprint density at radius 3 is 2.89 bits per heavy atom. The topological polar surface area (TPSA) is 87.6 Å². The monoisotopic (exact) mass is 516 g/mol. The first-order valence-electron chi connectivity index (χ1n) is 13.4. The van der Waals surface area contributed by atoms with Crippen molar-refractivity contribution < 1.29 is 23.4 Å². The molecule has 2 atom stereocenters. The molecule has 2 aliphatic heterocycles. The molecule has 4 rings (SSSR count). The fraction of sp³-hybridized carbons (Fsp3) is 0.607. The maximum absolute atomic E-state index is 15.5. The first-order chi connectivity index (χ1) is 17.7. The van der Waals surface area contributed by atoms with E-state index in [1.165, 1.54) is 16.7 Å². The number of likely N-dealkylation sites (tertiary alicyclic amines) is 1. The summed E-state index contributed by atoms with van der Waals surface area (Å²) in [6, 6.07) is 5.15. The number of aromatic nitrogens is 2. The second-order valence-corrected chi connectivity index (χ2v) is 10.4. The number of carboxylic acid groups (broad SMARTS) is 1. The van der Waals surface area contributed by atoms with Gasteiger partial charge < -0.3 is 15.2 Å². The summed E-state index contributed by atoms with van der Waals surface area (Å²) in [5.41, 5.74) is 3.17. The van der Waals surface area contributed by atoms with E-state index in [0.717, 1.165) is 36.5 Å². The van der Waals surface area contributed by atoms with E-state index >= 15 is 8.78 Å². The van der Waals surface area contributed by atoms with Gasteiger partial charge in [0.1, 0.15) is 5.82 Å². The van der Waals surface area contributed by atoms with Crippen LogP contribution in [0.2, 0.25) is 0 Å². The van der Waals surface area contributed by atoms with E-state index < -0.39 is 24.0 Å². The molecule has 2 N–H and O–H groups in total. The first kappa shape index (κ1) is 27.4. The maximum Gasteiger partial charge on any atom is 0.327 e. The average Bonchev–Trinajstić information content (AvgIpc) is 3.36. The van der Waals surface area contributed by atoms with Gasteiger partial charge >= 0.3 is 5.97 Å². The van der Waals surface area contributed by atoms with Crippen LogP contribution in [0.15, 0.2) is 30.5 Å². The summed E-state index contributed by atoms with van der Waals surface area (Å²) in [4.78, 5) is 22.6. The Morgan fingerprint density at radius 2 is 2.11 bits per heavy atom. The molecule has 9 heteroatoms. The number of hydrogen-bond donors (Lipinski definition) is 2. The summed E-state index contributed by atoms with van der Waals surface area (Å²) >= 11 is 0. The number of alkyl halides is 2. The minimum absolute atomic E-state index is 0.0215. The molecule has 4 heterocycles. The van der Waals surface area contributed by atoms with Gasteiger partial charge in [0, 0.05) is 24.9 Å². The quantitative estimate of drug-likeness (QED) is 0.365. The van der Waals surface area contributed by atoms with Crippen LogP contribution in [0.1, 0.15) is 80.9 Å². The Hall–Kier alpha value is -2.65. The van der Waals surface area contributed by atoms with Gasteiger partial charge in [-0.15, -0.1) is 0 Å². The maximum atomic E-state index is 15.5. The molecule has 2 aromatic rings. The molecule has 0 aliphatic carbocycles. The Balaban J connectivity index is 1.38. The van der Waals surface area contributed by atoms with Gasteiger partial charge in [0.2, 0.25) is 0 Å². The highest BCUT2D eigenvalue weighted by Gasteiger charge is 2.49. The third-order valence-electron chi connectivity index (χ3n) is 7.20. The largest absolute Gasteiger partial charge is 0.480 e. The molecule has 202 valence electrons. The number of nitrogens with zero attached hydrogens (tertiary/aromatic N) is 3. The molecule has 0 spiro atoms. The Labute approximate surface area is 217 Å². The number of halogens is 2. The number of aliphatic carboxylic acids is 1. The lowest BCUT2D eigenvalue weighted by Crippen LogP contribution is -2.47. The van der Waals surface area contributed by atoms with E-state index in [-0.39, 0.29) is 24.6 Å². The van der Waals surface area contributed by atoms with Crippen LogP contribution >= 0.6 is 0 Å². The van der Waals surface area contributed by atoms with Crippen LogP contribution < -0.4 is 5.32 Å². The van der Waals surface area contributed by atoms with Gasteiger partial charge in [-0.2, -0.15) is 0 Å². The molecule has 1 fully saturated rings. The van der Waals surface area contributed by atoms with E-state index in [2.05, 4.69) is 21.4 Å². The van der Waals surface area contributed by atoms with Crippen LogP contribution in [0.25, 0.3) is 0 Å². The minimum atomic E-state index is -2.99. The van der Waals surface area contributed by atoms with Crippen LogP contribution in [0.3, 0.4) is 0 Å². The summed E-state index contributed by atoms with van der Waals surface area (Å²) in [6.07, 6.45) is 5.78. The van der Waals surface area contributed by atoms with Gasteiger partial charge in [-0.3, -0.25) is 14.7 Å². The molecule has 0 amide bonds. The number of fused-ring (bicyclic) bond motifs is 1. The fourth-order valence-electron chi connectivity index (χ4n) is 5.33. The highest BCUT2D eigenvalue weighted by molar-refractivity contribution is 5.75. The van der Waals surface area contributed by atoms with Gasteiger partial charge in [0.15, 0.2) is 6.04 Å². The molecule has 37 heavy (non-hydrogen) atoms. The predicted molar refractivity (Wildman–Crippen MR) is 138 cm³/mol. The SMILES string of the molecule is CC(C)OCc1ccnc(C(C(=O)O)N2CCC[C@@H]2C(F)(F)CCCCc2ccc3c(n2)NCCC3)c1. The molecule has 0 aromatic carbocycles. The van der Waals surface area contributed by atoms with Gasteiger partial charge in [0.05, 0.1) is 24.4 Å². The molecular formula is C28H38F2N4O3. The molecule has 1 saturated heterocycles. The van der Waals surface area contributed by atoms with E-state index in [1.807, 2.05) is 19.9 Å². The van der Waals surface area contributed by atoms with Crippen LogP contribution in [0.4, 0.5) is 14.6 Å². The molecule has 1 unspecified atom stereocenters. The predicted octanol–water partition coefficient (Wildman–Crippen LogP) is 5.40. The number of aryl methyl sites for hydroxylation is 2. The summed E-state index contributed by atoms with van der Waals surface area (Å²) in [6.45, 7) is 5.36. The lowest BCUT2D eigenvalue weighted by atomic mass is 9.98. The van der Waals surface area contributed by atoms with Gasteiger partial charge in [-0.05, 0) is 94.7 Å². The van der Waals surface area contributed by atoms with E-state index in [9.17, 15) is 9.90 Å². The fourth-order valence-corrected chi connectivity index (χ4v) is 5.33. The number of carbonyl (C=O) groups is 1. The number of anilines is 1. The number of pyridine rings is 2. The van der Waals surface area contributed by atoms with Gasteiger partial charge in [-0.25, -0.2) is 13.8 Å². The van der Waals surface area contributed by atoms with Crippen molar-refractivity contribution in [2.45, 2.75) is 95.9 Å². The standard InChI is InChI=1S/C28H38F2N4O3/c1-19(2)37-18-20-12-15-31-23(17-20)25(27(35)36)34-16-6-9-24(34)28(29,30)13-4-3-8-22-11-10-21-7-5-14-32-26(21)33-22/h10-12,15,17,19,24-25H,3-9,13-14,16,18H2,1-2H3,(H,32,33)(H,35,36)/t24-,25?/m1/s1. The number of rotatable bonds is 12. The Bertz CT molecular complexity index is 1070. The van der Waals surface area contributed by atoms with Crippen molar-refractivity contribution in [3.05, 3.63) is 53.0 Å². The molecule has 2 aliphatic rings. The zero-order chi connectivity index (χ0) is 26.4. The summed E-state index contributed by atoms with van der Waals surface area (Å²) in [7, 11) is 0. The summed E-state index contributed by atoms with van der Waals surface area (Å²) in [5.74, 6) is -3.24. The summed E-state index contributed by atoms with van der Waals surface area (Å²) in [5, 5.41) is 13.3. The second-order valence-electron chi connectivity index (χ2n) is 10.4. The second kappa shape index (κ2) is 12.3. The number of unbranched alkanes of at least 4 members (excludes halogenated alkanes) is 1. The molecule has 7 nitrogen and oxygen atoms in total. The zero-order valence-corrected chi connectivity index (χ0v) is 21.8. The zero-order valence-electron chi connectivity index (χ0n) is 21.8. The lowest BCUT2D eigenvalue weighted by molar-refractivity contribution is -0.149. The van der Waals surface area contributed by atoms with Crippen molar-refractivity contribution in [3.8, 4) is 0 Å². The van der Waals surface area contributed by atoms with Crippen molar-refractivity contribution in [2.24, 2.45) is 0 Å². The van der Waals surface area contributed by atoms with E-state index in [4.69, 9.17) is 4.74 Å². The number of ether oxygens (including phenoxy) is 1. The number of nitrogens with one attached hydrogen (secondary N) is 1. The highest BCUT2D eigenvalue weighted by atomic mass is 19.3. The van der Waals surface area contributed by atoms with E-state index in [1.54, 1.807) is 12.1 Å². The van der Waals surface area contributed by atoms with Crippen molar-refractivity contribution in [3.63, 3.8) is 0 Å². The smallest absolute Gasteiger partial charge is 0.327 e.